The maximum Gasteiger partial charge on any atom is 0.229 e. The number of methoxy groups -OCH3 is 2. The summed E-state index contributed by atoms with van der Waals surface area (Å²) in [6.07, 6.45) is 1.75. The third-order valence-corrected chi connectivity index (χ3v) is 5.51. The van der Waals surface area contributed by atoms with Gasteiger partial charge in [0.05, 0.1) is 31.5 Å². The molecule has 1 saturated heterocycles. The molecule has 2 aromatic carbocycles. The summed E-state index contributed by atoms with van der Waals surface area (Å²) in [4.78, 5) is 15.0. The molecule has 1 N–H and O–H groups in total. The van der Waals surface area contributed by atoms with E-state index in [1.165, 1.54) is 0 Å². The second-order valence-electron chi connectivity index (χ2n) is 7.45. The Hall–Kier alpha value is -3.61. The van der Waals surface area contributed by atoms with Gasteiger partial charge in [-0.2, -0.15) is 0 Å². The number of hydrogen-bond donors (Lipinski definition) is 1. The van der Waals surface area contributed by atoms with E-state index >= 15 is 0 Å². The molecule has 7 nitrogen and oxygen atoms in total. The maximum absolute atomic E-state index is 12.9. The van der Waals surface area contributed by atoms with Crippen molar-refractivity contribution in [3.63, 3.8) is 0 Å². The van der Waals surface area contributed by atoms with E-state index in [1.807, 2.05) is 60.7 Å². The number of carbonyl (C=O) groups excluding carboxylic acids is 1. The van der Waals surface area contributed by atoms with Gasteiger partial charge in [-0.25, -0.2) is 0 Å². The number of anilines is 2. The lowest BCUT2D eigenvalue weighted by atomic mass is 9.97. The van der Waals surface area contributed by atoms with Gasteiger partial charge in [0.1, 0.15) is 11.5 Å². The number of aromatic nitrogens is 2. The van der Waals surface area contributed by atoms with Crippen molar-refractivity contribution in [2.75, 3.05) is 37.5 Å². The molecule has 0 unspecified atom stereocenters. The summed E-state index contributed by atoms with van der Waals surface area (Å²) in [7, 11) is 3.24. The molecule has 1 fully saturated rings. The van der Waals surface area contributed by atoms with Crippen LogP contribution in [0.4, 0.5) is 11.5 Å². The van der Waals surface area contributed by atoms with Gasteiger partial charge in [0.15, 0.2) is 5.82 Å². The van der Waals surface area contributed by atoms with Crippen LogP contribution in [0.15, 0.2) is 60.7 Å². The fraction of sp³-hybridized carbons (Fsp3) is 0.292. The fourth-order valence-corrected chi connectivity index (χ4v) is 3.88. The van der Waals surface area contributed by atoms with E-state index < -0.39 is 0 Å². The Labute approximate surface area is 182 Å². The zero-order chi connectivity index (χ0) is 21.6. The highest BCUT2D eigenvalue weighted by Gasteiger charge is 2.27. The van der Waals surface area contributed by atoms with Gasteiger partial charge >= 0.3 is 0 Å². The molecule has 1 atom stereocenters. The molecule has 0 aliphatic carbocycles. The van der Waals surface area contributed by atoms with Crippen molar-refractivity contribution >= 4 is 17.4 Å². The average molecular weight is 418 g/mol. The topological polar surface area (TPSA) is 76.6 Å². The van der Waals surface area contributed by atoms with Crippen LogP contribution in [0.25, 0.3) is 11.3 Å². The normalized spacial score (nSPS) is 15.9. The summed E-state index contributed by atoms with van der Waals surface area (Å²) in [6, 6.07) is 19.1. The van der Waals surface area contributed by atoms with E-state index in [0.717, 1.165) is 42.2 Å². The van der Waals surface area contributed by atoms with E-state index in [9.17, 15) is 4.79 Å². The quantitative estimate of drug-likeness (QED) is 0.652. The van der Waals surface area contributed by atoms with Crippen LogP contribution in [0.1, 0.15) is 12.8 Å². The zero-order valence-electron chi connectivity index (χ0n) is 17.7. The number of hydrogen-bond acceptors (Lipinski definition) is 6. The minimum atomic E-state index is -0.130. The summed E-state index contributed by atoms with van der Waals surface area (Å²) in [5.41, 5.74) is 2.34. The van der Waals surface area contributed by atoms with Crippen molar-refractivity contribution < 1.29 is 14.3 Å². The molecular formula is C24H26N4O3. The van der Waals surface area contributed by atoms with Gasteiger partial charge in [0.2, 0.25) is 5.91 Å². The molecule has 1 aromatic heterocycles. The minimum Gasteiger partial charge on any atom is -0.496 e. The van der Waals surface area contributed by atoms with Crippen molar-refractivity contribution in [2.24, 2.45) is 5.92 Å². The van der Waals surface area contributed by atoms with Gasteiger partial charge in [0.25, 0.3) is 0 Å². The summed E-state index contributed by atoms with van der Waals surface area (Å²) in [6.45, 7) is 1.45. The number of nitrogens with one attached hydrogen (secondary N) is 1. The van der Waals surface area contributed by atoms with Crippen LogP contribution < -0.4 is 19.7 Å². The highest BCUT2D eigenvalue weighted by Crippen LogP contribution is 2.30. The fourth-order valence-electron chi connectivity index (χ4n) is 3.88. The van der Waals surface area contributed by atoms with Crippen LogP contribution >= 0.6 is 0 Å². The predicted molar refractivity (Wildman–Crippen MR) is 121 cm³/mol. The Morgan fingerprint density at radius 2 is 1.71 bits per heavy atom. The lowest BCUT2D eigenvalue weighted by Crippen LogP contribution is -2.41. The zero-order valence-corrected chi connectivity index (χ0v) is 17.7. The van der Waals surface area contributed by atoms with Crippen molar-refractivity contribution in [3.05, 3.63) is 60.7 Å². The smallest absolute Gasteiger partial charge is 0.229 e. The lowest BCUT2D eigenvalue weighted by molar-refractivity contribution is -0.120. The van der Waals surface area contributed by atoms with Gasteiger partial charge in [-0.15, -0.1) is 10.2 Å². The van der Waals surface area contributed by atoms with Crippen LogP contribution in [-0.2, 0) is 4.79 Å². The molecule has 4 rings (SSSR count). The first-order chi connectivity index (χ1) is 15.2. The Morgan fingerprint density at radius 1 is 0.968 bits per heavy atom. The third-order valence-electron chi connectivity index (χ3n) is 5.51. The molecule has 0 spiro atoms. The first-order valence-electron chi connectivity index (χ1n) is 10.4. The summed E-state index contributed by atoms with van der Waals surface area (Å²) >= 11 is 0. The second-order valence-corrected chi connectivity index (χ2v) is 7.45. The Balaban J connectivity index is 1.45. The SMILES string of the molecule is COc1ccccc1NC(=O)[C@@H]1CCCN(c2ccc(-c3ccccc3OC)nn2)C1. The molecule has 0 radical (unpaired) electrons. The average Bonchev–Trinajstić information content (AvgIpc) is 2.84. The summed E-state index contributed by atoms with van der Waals surface area (Å²) < 4.78 is 10.8. The molecule has 0 bridgehead atoms. The van der Waals surface area contributed by atoms with Crippen LogP contribution in [0.5, 0.6) is 11.5 Å². The first kappa shape index (κ1) is 20.7. The summed E-state index contributed by atoms with van der Waals surface area (Å²) in [5.74, 6) is 2.05. The van der Waals surface area contributed by atoms with Crippen LogP contribution in [0.2, 0.25) is 0 Å². The van der Waals surface area contributed by atoms with E-state index in [0.29, 0.717) is 18.0 Å². The number of ether oxygens (including phenoxy) is 2. The number of piperidine rings is 1. The van der Waals surface area contributed by atoms with Gasteiger partial charge in [-0.05, 0) is 49.2 Å². The number of carbonyl (C=O) groups is 1. The van der Waals surface area contributed by atoms with Crippen molar-refractivity contribution in [2.45, 2.75) is 12.8 Å². The van der Waals surface area contributed by atoms with E-state index in [4.69, 9.17) is 9.47 Å². The summed E-state index contributed by atoms with van der Waals surface area (Å²) in [5, 5.41) is 11.8. The maximum atomic E-state index is 12.9. The van der Waals surface area contributed by atoms with E-state index in [2.05, 4.69) is 20.4 Å². The molecule has 0 saturated carbocycles. The number of para-hydroxylation sites is 3. The monoisotopic (exact) mass is 418 g/mol. The van der Waals surface area contributed by atoms with Crippen molar-refractivity contribution in [1.29, 1.82) is 0 Å². The second kappa shape index (κ2) is 9.47. The highest BCUT2D eigenvalue weighted by molar-refractivity contribution is 5.94. The minimum absolute atomic E-state index is 0.00667. The Bertz CT molecular complexity index is 1040. The molecule has 160 valence electrons. The Kier molecular flexibility index (Phi) is 6.31. The van der Waals surface area contributed by atoms with Gasteiger partial charge in [0, 0.05) is 18.7 Å². The van der Waals surface area contributed by atoms with Crippen LogP contribution in [-0.4, -0.2) is 43.4 Å². The molecule has 7 heteroatoms. The van der Waals surface area contributed by atoms with Crippen molar-refractivity contribution in [3.8, 4) is 22.8 Å². The number of benzene rings is 2. The van der Waals surface area contributed by atoms with E-state index in [1.54, 1.807) is 14.2 Å². The molecule has 1 aliphatic rings. The van der Waals surface area contributed by atoms with E-state index in [-0.39, 0.29) is 11.8 Å². The number of nitrogens with zero attached hydrogens (tertiary/aromatic N) is 3. The predicted octanol–water partition coefficient (Wildman–Crippen LogP) is 4.02. The lowest BCUT2D eigenvalue weighted by Gasteiger charge is -2.32. The molecule has 1 aliphatic heterocycles. The largest absolute Gasteiger partial charge is 0.496 e. The molecule has 3 aromatic rings. The van der Waals surface area contributed by atoms with Gasteiger partial charge in [-0.1, -0.05) is 24.3 Å². The van der Waals surface area contributed by atoms with Crippen LogP contribution in [0.3, 0.4) is 0 Å². The Morgan fingerprint density at radius 3 is 2.45 bits per heavy atom. The van der Waals surface area contributed by atoms with Crippen LogP contribution in [0, 0.1) is 5.92 Å². The highest BCUT2D eigenvalue weighted by atomic mass is 16.5. The third kappa shape index (κ3) is 4.60. The van der Waals surface area contributed by atoms with Gasteiger partial charge in [-0.3, -0.25) is 4.79 Å². The number of amides is 1. The molecule has 2 heterocycles. The van der Waals surface area contributed by atoms with Gasteiger partial charge < -0.3 is 19.7 Å². The first-order valence-corrected chi connectivity index (χ1v) is 10.4. The molecule has 31 heavy (non-hydrogen) atoms. The number of rotatable bonds is 6. The van der Waals surface area contributed by atoms with Crippen molar-refractivity contribution in [1.82, 2.24) is 10.2 Å². The molecule has 1 amide bonds. The molecular weight excluding hydrogens is 392 g/mol. The standard InChI is InChI=1S/C24H26N4O3/c1-30-21-11-5-3-9-18(21)19-13-14-23(27-26-19)28-15-7-8-17(16-28)24(29)25-20-10-4-6-12-22(20)31-2/h3-6,9-14,17H,7-8,15-16H2,1-2H3,(H,25,29)/t17-/m1/s1.